The molecule has 0 aromatic heterocycles. The Morgan fingerprint density at radius 1 is 1.18 bits per heavy atom. The minimum absolute atomic E-state index is 0.0970. The molecule has 0 heterocycles. The zero-order valence-electron chi connectivity index (χ0n) is 17.4. The van der Waals surface area contributed by atoms with Gasteiger partial charge in [-0.1, -0.05) is 30.3 Å². The van der Waals surface area contributed by atoms with Gasteiger partial charge in [0.2, 0.25) is 0 Å². The van der Waals surface area contributed by atoms with Crippen molar-refractivity contribution in [3.63, 3.8) is 0 Å². The Hall–Kier alpha value is -3.91. The van der Waals surface area contributed by atoms with Gasteiger partial charge in [0.1, 0.15) is 18.2 Å². The monoisotopic (exact) mass is 555 g/mol. The predicted molar refractivity (Wildman–Crippen MR) is 132 cm³/mol. The SMILES string of the molecule is COc1cc(C=C(C#N)C(=O)Nc2ccc([N+](=O)[O-])cc2)cc(I)c1OCc1ccccc1. The quantitative estimate of drug-likeness (QED) is 0.132. The van der Waals surface area contributed by atoms with Gasteiger partial charge in [0.15, 0.2) is 11.5 Å². The van der Waals surface area contributed by atoms with Crippen LogP contribution in [0.15, 0.2) is 72.3 Å². The Labute approximate surface area is 203 Å². The second-order valence-corrected chi connectivity index (χ2v) is 7.90. The smallest absolute Gasteiger partial charge is 0.269 e. The molecule has 3 aromatic rings. The molecule has 0 unspecified atom stereocenters. The Morgan fingerprint density at radius 3 is 2.48 bits per heavy atom. The molecule has 1 amide bonds. The molecule has 0 fully saturated rings. The lowest BCUT2D eigenvalue weighted by Gasteiger charge is -2.14. The van der Waals surface area contributed by atoms with Crippen molar-refractivity contribution in [1.82, 2.24) is 0 Å². The standard InChI is InChI=1S/C24H18IN3O5/c1-32-22-13-17(12-21(25)23(22)33-15-16-5-3-2-4-6-16)11-18(14-26)24(29)27-19-7-9-20(10-8-19)28(30)31/h2-13H,15H2,1H3,(H,27,29). The van der Waals surface area contributed by atoms with E-state index in [0.717, 1.165) is 9.13 Å². The first-order valence-corrected chi connectivity index (χ1v) is 10.7. The molecule has 0 bridgehead atoms. The van der Waals surface area contributed by atoms with E-state index in [9.17, 15) is 20.2 Å². The highest BCUT2D eigenvalue weighted by Crippen LogP contribution is 2.35. The van der Waals surface area contributed by atoms with Gasteiger partial charge in [-0.25, -0.2) is 0 Å². The summed E-state index contributed by atoms with van der Waals surface area (Å²) in [6.07, 6.45) is 1.44. The third-order valence-corrected chi connectivity index (χ3v) is 5.29. The molecule has 0 spiro atoms. The number of non-ortho nitro benzene ring substituents is 1. The topological polar surface area (TPSA) is 114 Å². The number of nitriles is 1. The van der Waals surface area contributed by atoms with Crippen molar-refractivity contribution >= 4 is 45.9 Å². The van der Waals surface area contributed by atoms with Gasteiger partial charge < -0.3 is 14.8 Å². The molecule has 1 N–H and O–H groups in total. The fourth-order valence-corrected chi connectivity index (χ4v) is 3.65. The Bertz CT molecular complexity index is 1240. The first-order valence-electron chi connectivity index (χ1n) is 9.63. The number of nitrogens with zero attached hydrogens (tertiary/aromatic N) is 2. The number of amides is 1. The molecule has 0 aliphatic carbocycles. The lowest BCUT2D eigenvalue weighted by atomic mass is 10.1. The summed E-state index contributed by atoms with van der Waals surface area (Å²) in [5.41, 5.74) is 1.70. The van der Waals surface area contributed by atoms with E-state index in [1.165, 1.54) is 37.5 Å². The molecule has 0 saturated carbocycles. The van der Waals surface area contributed by atoms with Gasteiger partial charge in [-0.05, 0) is 64.1 Å². The fourth-order valence-electron chi connectivity index (χ4n) is 2.87. The van der Waals surface area contributed by atoms with Crippen molar-refractivity contribution in [3.05, 3.63) is 97.1 Å². The van der Waals surface area contributed by atoms with Crippen molar-refractivity contribution in [2.24, 2.45) is 0 Å². The van der Waals surface area contributed by atoms with Gasteiger partial charge in [-0.3, -0.25) is 14.9 Å². The highest BCUT2D eigenvalue weighted by Gasteiger charge is 2.15. The average molecular weight is 555 g/mol. The first-order chi connectivity index (χ1) is 15.9. The van der Waals surface area contributed by atoms with E-state index < -0.39 is 10.8 Å². The number of ether oxygens (including phenoxy) is 2. The van der Waals surface area contributed by atoms with Crippen molar-refractivity contribution in [2.75, 3.05) is 12.4 Å². The lowest BCUT2D eigenvalue weighted by molar-refractivity contribution is -0.384. The largest absolute Gasteiger partial charge is 0.493 e. The van der Waals surface area contributed by atoms with Crippen LogP contribution < -0.4 is 14.8 Å². The van der Waals surface area contributed by atoms with Crippen LogP contribution in [0.1, 0.15) is 11.1 Å². The Kier molecular flexibility index (Phi) is 7.99. The number of carbonyl (C=O) groups excluding carboxylic acids is 1. The van der Waals surface area contributed by atoms with Gasteiger partial charge in [0.25, 0.3) is 11.6 Å². The summed E-state index contributed by atoms with van der Waals surface area (Å²) in [4.78, 5) is 22.8. The molecule has 0 atom stereocenters. The predicted octanol–water partition coefficient (Wildman–Crippen LogP) is 5.33. The second kappa shape index (κ2) is 11.1. The molecule has 0 radical (unpaired) electrons. The third-order valence-electron chi connectivity index (χ3n) is 4.49. The number of anilines is 1. The first kappa shape index (κ1) is 23.7. The maximum Gasteiger partial charge on any atom is 0.269 e. The van der Waals surface area contributed by atoms with E-state index >= 15 is 0 Å². The van der Waals surface area contributed by atoms with Crippen LogP contribution in [0.5, 0.6) is 11.5 Å². The van der Waals surface area contributed by atoms with Gasteiger partial charge in [0.05, 0.1) is 15.6 Å². The number of nitro benzene ring substituents is 1. The second-order valence-electron chi connectivity index (χ2n) is 6.74. The number of nitrogens with one attached hydrogen (secondary N) is 1. The van der Waals surface area contributed by atoms with Crippen LogP contribution in [0.2, 0.25) is 0 Å². The summed E-state index contributed by atoms with van der Waals surface area (Å²) in [7, 11) is 1.51. The van der Waals surface area contributed by atoms with Gasteiger partial charge >= 0.3 is 0 Å². The number of carbonyl (C=O) groups is 1. The number of hydrogen-bond acceptors (Lipinski definition) is 6. The number of rotatable bonds is 8. The minimum Gasteiger partial charge on any atom is -0.493 e. The number of methoxy groups -OCH3 is 1. The summed E-state index contributed by atoms with van der Waals surface area (Å²) >= 11 is 2.11. The van der Waals surface area contributed by atoms with Crippen LogP contribution >= 0.6 is 22.6 Å². The van der Waals surface area contributed by atoms with E-state index in [1.807, 2.05) is 36.4 Å². The van der Waals surface area contributed by atoms with Gasteiger partial charge in [-0.15, -0.1) is 0 Å². The van der Waals surface area contributed by atoms with Crippen LogP contribution in [-0.2, 0) is 11.4 Å². The van der Waals surface area contributed by atoms with Crippen molar-refractivity contribution in [1.29, 1.82) is 5.26 Å². The van der Waals surface area contributed by atoms with Crippen molar-refractivity contribution in [3.8, 4) is 17.6 Å². The fraction of sp³-hybridized carbons (Fsp3) is 0.0833. The van der Waals surface area contributed by atoms with Crippen LogP contribution in [0, 0.1) is 25.0 Å². The molecule has 3 aromatic carbocycles. The van der Waals surface area contributed by atoms with E-state index in [4.69, 9.17) is 9.47 Å². The molecule has 33 heavy (non-hydrogen) atoms. The molecule has 8 nitrogen and oxygen atoms in total. The molecule has 0 saturated heterocycles. The minimum atomic E-state index is -0.635. The van der Waals surface area contributed by atoms with E-state index in [0.29, 0.717) is 29.4 Å². The van der Waals surface area contributed by atoms with E-state index in [-0.39, 0.29) is 11.3 Å². The maximum atomic E-state index is 12.5. The average Bonchev–Trinajstić information content (AvgIpc) is 2.82. The lowest BCUT2D eigenvalue weighted by Crippen LogP contribution is -2.13. The van der Waals surface area contributed by atoms with Gasteiger partial charge in [-0.2, -0.15) is 5.26 Å². The summed E-state index contributed by atoms with van der Waals surface area (Å²) in [6, 6.07) is 20.4. The Balaban J connectivity index is 1.79. The zero-order chi connectivity index (χ0) is 23.8. The third kappa shape index (κ3) is 6.30. The normalized spacial score (nSPS) is 10.8. The number of halogens is 1. The zero-order valence-corrected chi connectivity index (χ0v) is 19.6. The highest BCUT2D eigenvalue weighted by molar-refractivity contribution is 14.1. The summed E-state index contributed by atoms with van der Waals surface area (Å²) in [5, 5.41) is 22.8. The van der Waals surface area contributed by atoms with Crippen molar-refractivity contribution < 1.29 is 19.2 Å². The summed E-state index contributed by atoms with van der Waals surface area (Å²) in [5.74, 6) is 0.398. The van der Waals surface area contributed by atoms with E-state index in [1.54, 1.807) is 12.1 Å². The Morgan fingerprint density at radius 2 is 1.88 bits per heavy atom. The maximum absolute atomic E-state index is 12.5. The van der Waals surface area contributed by atoms with Crippen LogP contribution in [0.25, 0.3) is 6.08 Å². The molecular weight excluding hydrogens is 537 g/mol. The van der Waals surface area contributed by atoms with E-state index in [2.05, 4.69) is 27.9 Å². The number of benzene rings is 3. The summed E-state index contributed by atoms with van der Waals surface area (Å²) < 4.78 is 12.2. The van der Waals surface area contributed by atoms with Crippen LogP contribution in [0.4, 0.5) is 11.4 Å². The molecule has 0 aliphatic rings. The molecule has 9 heteroatoms. The van der Waals surface area contributed by atoms with Crippen LogP contribution in [-0.4, -0.2) is 17.9 Å². The number of hydrogen-bond donors (Lipinski definition) is 1. The highest BCUT2D eigenvalue weighted by atomic mass is 127. The molecule has 166 valence electrons. The molecular formula is C24H18IN3O5. The summed E-state index contributed by atoms with van der Waals surface area (Å²) in [6.45, 7) is 0.365. The number of nitro groups is 1. The molecule has 3 rings (SSSR count). The van der Waals surface area contributed by atoms with Crippen molar-refractivity contribution in [2.45, 2.75) is 6.61 Å². The molecule has 0 aliphatic heterocycles. The van der Waals surface area contributed by atoms with Crippen LogP contribution in [0.3, 0.4) is 0 Å². The van der Waals surface area contributed by atoms with Gasteiger partial charge in [0, 0.05) is 17.8 Å².